The summed E-state index contributed by atoms with van der Waals surface area (Å²) in [5.41, 5.74) is 2.84. The van der Waals surface area contributed by atoms with E-state index in [0.29, 0.717) is 0 Å². The summed E-state index contributed by atoms with van der Waals surface area (Å²) in [6, 6.07) is 9.70. The molecular weight excluding hydrogens is 182 g/mol. The Kier molecular flexibility index (Phi) is 3.42. The lowest BCUT2D eigenvalue weighted by Gasteiger charge is -2.27. The van der Waals surface area contributed by atoms with Gasteiger partial charge in [-0.15, -0.1) is 0 Å². The molecule has 1 fully saturated rings. The number of hydrogen-bond donors (Lipinski definition) is 1. The van der Waals surface area contributed by atoms with Gasteiger partial charge in [-0.2, -0.15) is 0 Å². The third-order valence-electron chi connectivity index (χ3n) is 3.41. The standard InChI is InChI=1S/C14H21N/c1-11-3-6-13(7-4-11)9-14-8-5-12(2)15-10-14/h3-4,6-7,12,14-15H,5,8-10H2,1-2H3. The predicted octanol–water partition coefficient (Wildman–Crippen LogP) is 2.93. The molecule has 2 unspecified atom stereocenters. The summed E-state index contributed by atoms with van der Waals surface area (Å²) < 4.78 is 0. The molecule has 82 valence electrons. The van der Waals surface area contributed by atoms with Crippen LogP contribution in [0.4, 0.5) is 0 Å². The van der Waals surface area contributed by atoms with Gasteiger partial charge in [0.05, 0.1) is 0 Å². The normalized spacial score (nSPS) is 26.5. The Hall–Kier alpha value is -0.820. The molecule has 1 heterocycles. The lowest BCUT2D eigenvalue weighted by atomic mass is 9.90. The van der Waals surface area contributed by atoms with E-state index in [-0.39, 0.29) is 0 Å². The Morgan fingerprint density at radius 1 is 1.20 bits per heavy atom. The molecule has 0 spiro atoms. The number of aryl methyl sites for hydroxylation is 1. The van der Waals surface area contributed by atoms with Gasteiger partial charge in [0, 0.05) is 6.04 Å². The van der Waals surface area contributed by atoms with Crippen molar-refractivity contribution in [2.75, 3.05) is 6.54 Å². The van der Waals surface area contributed by atoms with Gasteiger partial charge in [0.25, 0.3) is 0 Å². The van der Waals surface area contributed by atoms with Crippen LogP contribution in [0.3, 0.4) is 0 Å². The maximum atomic E-state index is 3.56. The Labute approximate surface area is 92.9 Å². The average molecular weight is 203 g/mol. The zero-order valence-corrected chi connectivity index (χ0v) is 9.79. The smallest absolute Gasteiger partial charge is 0.00389 e. The molecule has 1 aliphatic rings. The van der Waals surface area contributed by atoms with Gasteiger partial charge in [-0.25, -0.2) is 0 Å². The molecule has 1 saturated heterocycles. The van der Waals surface area contributed by atoms with Gasteiger partial charge in [-0.1, -0.05) is 29.8 Å². The third-order valence-corrected chi connectivity index (χ3v) is 3.41. The molecule has 1 heteroatoms. The van der Waals surface area contributed by atoms with Gasteiger partial charge >= 0.3 is 0 Å². The molecule has 0 bridgehead atoms. The molecule has 1 N–H and O–H groups in total. The SMILES string of the molecule is Cc1ccc(CC2CCC(C)NC2)cc1. The highest BCUT2D eigenvalue weighted by atomic mass is 14.9. The molecule has 0 radical (unpaired) electrons. The van der Waals surface area contributed by atoms with Crippen molar-refractivity contribution >= 4 is 0 Å². The quantitative estimate of drug-likeness (QED) is 0.779. The average Bonchev–Trinajstić information content (AvgIpc) is 2.25. The van der Waals surface area contributed by atoms with Crippen LogP contribution < -0.4 is 5.32 Å². The largest absolute Gasteiger partial charge is 0.314 e. The van der Waals surface area contributed by atoms with Gasteiger partial charge in [-0.3, -0.25) is 0 Å². The van der Waals surface area contributed by atoms with Gasteiger partial charge in [0.15, 0.2) is 0 Å². The molecule has 15 heavy (non-hydrogen) atoms. The van der Waals surface area contributed by atoms with E-state index in [9.17, 15) is 0 Å². The first-order valence-electron chi connectivity index (χ1n) is 6.03. The van der Waals surface area contributed by atoms with Gasteiger partial charge < -0.3 is 5.32 Å². The second kappa shape index (κ2) is 4.80. The highest BCUT2D eigenvalue weighted by Crippen LogP contribution is 2.19. The second-order valence-electron chi connectivity index (χ2n) is 4.94. The molecule has 0 aromatic heterocycles. The van der Waals surface area contributed by atoms with Crippen LogP contribution in [0, 0.1) is 12.8 Å². The van der Waals surface area contributed by atoms with Gasteiger partial charge in [0.2, 0.25) is 0 Å². The van der Waals surface area contributed by atoms with E-state index in [1.54, 1.807) is 0 Å². The Balaban J connectivity index is 1.89. The minimum Gasteiger partial charge on any atom is -0.314 e. The molecule has 1 aromatic rings. The Bertz CT molecular complexity index is 294. The van der Waals surface area contributed by atoms with Crippen molar-refractivity contribution in [2.45, 2.75) is 39.2 Å². The summed E-state index contributed by atoms with van der Waals surface area (Å²) in [7, 11) is 0. The Morgan fingerprint density at radius 2 is 1.93 bits per heavy atom. The fraction of sp³-hybridized carbons (Fsp3) is 0.571. The van der Waals surface area contributed by atoms with Crippen molar-refractivity contribution in [3.63, 3.8) is 0 Å². The minimum atomic E-state index is 0.722. The minimum absolute atomic E-state index is 0.722. The summed E-state index contributed by atoms with van der Waals surface area (Å²) in [6.07, 6.45) is 3.94. The topological polar surface area (TPSA) is 12.0 Å². The van der Waals surface area contributed by atoms with E-state index in [1.165, 1.54) is 36.9 Å². The molecule has 1 nitrogen and oxygen atoms in total. The van der Waals surface area contributed by atoms with Crippen LogP contribution in [0.1, 0.15) is 30.9 Å². The third kappa shape index (κ3) is 3.07. The van der Waals surface area contributed by atoms with Gasteiger partial charge in [0.1, 0.15) is 0 Å². The van der Waals surface area contributed by atoms with Crippen molar-refractivity contribution in [2.24, 2.45) is 5.92 Å². The lowest BCUT2D eigenvalue weighted by Crippen LogP contribution is -2.37. The maximum absolute atomic E-state index is 3.56. The van der Waals surface area contributed by atoms with E-state index in [1.807, 2.05) is 0 Å². The first-order valence-corrected chi connectivity index (χ1v) is 6.03. The number of hydrogen-bond acceptors (Lipinski definition) is 1. The summed E-state index contributed by atoms with van der Waals surface area (Å²) in [5.74, 6) is 0.837. The first kappa shape index (κ1) is 10.7. The number of rotatable bonds is 2. The molecule has 0 aliphatic carbocycles. The second-order valence-corrected chi connectivity index (χ2v) is 4.94. The van der Waals surface area contributed by atoms with Crippen molar-refractivity contribution in [3.8, 4) is 0 Å². The van der Waals surface area contributed by atoms with Crippen LogP contribution in [0.5, 0.6) is 0 Å². The van der Waals surface area contributed by atoms with Crippen molar-refractivity contribution < 1.29 is 0 Å². The fourth-order valence-corrected chi connectivity index (χ4v) is 2.29. The summed E-state index contributed by atoms with van der Waals surface area (Å²) in [6.45, 7) is 5.62. The maximum Gasteiger partial charge on any atom is 0.00389 e. The number of benzene rings is 1. The van der Waals surface area contributed by atoms with Crippen LogP contribution in [-0.4, -0.2) is 12.6 Å². The van der Waals surface area contributed by atoms with E-state index >= 15 is 0 Å². The first-order chi connectivity index (χ1) is 7.24. The van der Waals surface area contributed by atoms with Crippen LogP contribution in [-0.2, 0) is 6.42 Å². The van der Waals surface area contributed by atoms with E-state index in [4.69, 9.17) is 0 Å². The summed E-state index contributed by atoms with van der Waals surface area (Å²) in [5, 5.41) is 3.56. The van der Waals surface area contributed by atoms with Crippen LogP contribution in [0.25, 0.3) is 0 Å². The fourth-order valence-electron chi connectivity index (χ4n) is 2.29. The molecular formula is C14H21N. The monoisotopic (exact) mass is 203 g/mol. The van der Waals surface area contributed by atoms with Crippen molar-refractivity contribution in [1.82, 2.24) is 5.32 Å². The van der Waals surface area contributed by atoms with Gasteiger partial charge in [-0.05, 0) is 51.1 Å². The summed E-state index contributed by atoms with van der Waals surface area (Å²) >= 11 is 0. The predicted molar refractivity (Wildman–Crippen MR) is 65.1 cm³/mol. The molecule has 2 atom stereocenters. The van der Waals surface area contributed by atoms with Crippen LogP contribution >= 0.6 is 0 Å². The highest BCUT2D eigenvalue weighted by Gasteiger charge is 2.17. The lowest BCUT2D eigenvalue weighted by molar-refractivity contribution is 0.322. The van der Waals surface area contributed by atoms with E-state index in [0.717, 1.165) is 12.0 Å². The Morgan fingerprint density at radius 3 is 2.53 bits per heavy atom. The van der Waals surface area contributed by atoms with Crippen molar-refractivity contribution in [3.05, 3.63) is 35.4 Å². The van der Waals surface area contributed by atoms with Crippen molar-refractivity contribution in [1.29, 1.82) is 0 Å². The number of nitrogens with one attached hydrogen (secondary N) is 1. The molecule has 0 saturated carbocycles. The summed E-state index contributed by atoms with van der Waals surface area (Å²) in [4.78, 5) is 0. The molecule has 1 aliphatic heterocycles. The van der Waals surface area contributed by atoms with Crippen LogP contribution in [0.2, 0.25) is 0 Å². The zero-order valence-electron chi connectivity index (χ0n) is 9.79. The molecule has 0 amide bonds. The molecule has 1 aromatic carbocycles. The van der Waals surface area contributed by atoms with Crippen LogP contribution in [0.15, 0.2) is 24.3 Å². The molecule has 2 rings (SSSR count). The highest BCUT2D eigenvalue weighted by molar-refractivity contribution is 5.21. The zero-order chi connectivity index (χ0) is 10.7. The van der Waals surface area contributed by atoms with E-state index in [2.05, 4.69) is 43.4 Å². The van der Waals surface area contributed by atoms with E-state index < -0.39 is 0 Å². The number of piperidine rings is 1.